The fourth-order valence-electron chi connectivity index (χ4n) is 14.1. The van der Waals surface area contributed by atoms with Gasteiger partial charge < -0.3 is 4.57 Å². The topological polar surface area (TPSA) is 4.93 Å². The molecule has 1 nitrogen and oxygen atoms in total. The van der Waals surface area contributed by atoms with Crippen LogP contribution in [0.5, 0.6) is 0 Å². The van der Waals surface area contributed by atoms with Gasteiger partial charge in [0.1, 0.15) is 0 Å². The van der Waals surface area contributed by atoms with E-state index in [0.29, 0.717) is 0 Å². The van der Waals surface area contributed by atoms with Crippen LogP contribution in [-0.4, -0.2) is 11.3 Å². The lowest BCUT2D eigenvalue weighted by molar-refractivity contribution is 0.589. The third kappa shape index (κ3) is 5.77. The van der Waals surface area contributed by atoms with Gasteiger partial charge in [0.15, 0.2) is 0 Å². The molecule has 11 aromatic rings. The number of benzene rings is 10. The molecule has 0 N–H and O–H groups in total. The Balaban J connectivity index is 1.32. The second-order valence-electron chi connectivity index (χ2n) is 26.6. The van der Waals surface area contributed by atoms with Crippen LogP contribution in [-0.2, 0) is 28.1 Å². The number of hydrogen-bond acceptors (Lipinski definition) is 0. The van der Waals surface area contributed by atoms with E-state index in [1.165, 1.54) is 148 Å². The molecule has 1 atom stereocenters. The smallest absolute Gasteiger partial charge is 0.247 e. The minimum atomic E-state index is -0.0670. The lowest BCUT2D eigenvalue weighted by Crippen LogP contribution is -2.61. The van der Waals surface area contributed by atoms with E-state index in [4.69, 9.17) is 0 Å². The first-order valence-electron chi connectivity index (χ1n) is 26.6. The van der Waals surface area contributed by atoms with E-state index < -0.39 is 0 Å². The van der Waals surface area contributed by atoms with E-state index >= 15 is 0 Å². The van der Waals surface area contributed by atoms with Gasteiger partial charge in [-0.3, -0.25) is 0 Å². The fraction of sp³-hybridized carbons (Fsp3) is 0.304. The first kappa shape index (κ1) is 43.4. The lowest BCUT2D eigenvalue weighted by Gasteiger charge is -2.41. The molecule has 0 saturated heterocycles. The van der Waals surface area contributed by atoms with Crippen molar-refractivity contribution in [3.63, 3.8) is 0 Å². The summed E-state index contributed by atoms with van der Waals surface area (Å²) in [5.74, 6) is 0.183. The highest BCUT2D eigenvalue weighted by Crippen LogP contribution is 2.55. The maximum Gasteiger partial charge on any atom is 0.247 e. The van der Waals surface area contributed by atoms with Crippen molar-refractivity contribution in [2.24, 2.45) is 0 Å². The third-order valence-electron chi connectivity index (χ3n) is 17.8. The second-order valence-corrected chi connectivity index (χ2v) is 26.6. The number of nitrogens with zero attached hydrogens (tertiary/aromatic N) is 1. The van der Waals surface area contributed by atoms with Crippen LogP contribution in [0.4, 0.5) is 0 Å². The van der Waals surface area contributed by atoms with Gasteiger partial charge in [-0.1, -0.05) is 197 Å². The zero-order valence-corrected chi connectivity index (χ0v) is 44.5. The lowest BCUT2D eigenvalue weighted by atomic mass is 9.30. The number of rotatable bonds is 0. The average molecular weight is 920 g/mol. The Bertz CT molecular complexity index is 4200. The standard InChI is InChI=1S/C69H66BN/c1-36-18-24-43-45-16-15-17-46-44-25-19-37(2)29-51(44)61-62(58(45)46)59(50(43)28-36)60-47-26-21-38-20-22-39(66(3,4)5)30-48(38)52-32-41(68(9,10)11)34-54(57(47)52)70-55-35-42(69(12,13)14)33-53-49-31-40(67(6,7)8)23-27-56(49)71(64(53)55)65(61)63(60)70/h15-20,22-25,27-35,47H,21,26H2,1-14H3. The molecule has 0 spiro atoms. The van der Waals surface area contributed by atoms with Crippen molar-refractivity contribution in [3.8, 4) is 16.8 Å². The van der Waals surface area contributed by atoms with Crippen LogP contribution in [0.3, 0.4) is 0 Å². The summed E-state index contributed by atoms with van der Waals surface area (Å²) in [5, 5.41) is 16.7. The highest BCUT2D eigenvalue weighted by molar-refractivity contribution is 6.99. The van der Waals surface area contributed by atoms with Gasteiger partial charge in [-0.2, -0.15) is 0 Å². The van der Waals surface area contributed by atoms with Crippen molar-refractivity contribution in [1.82, 2.24) is 4.57 Å². The second kappa shape index (κ2) is 13.8. The zero-order valence-electron chi connectivity index (χ0n) is 44.5. The Kier molecular flexibility index (Phi) is 8.42. The summed E-state index contributed by atoms with van der Waals surface area (Å²) in [5.41, 5.74) is 24.3. The van der Waals surface area contributed by atoms with Crippen molar-refractivity contribution in [2.75, 3.05) is 0 Å². The molecule has 0 bridgehead atoms. The minimum Gasteiger partial charge on any atom is -0.310 e. The molecule has 1 aromatic heterocycles. The molecule has 14 rings (SSSR count). The van der Waals surface area contributed by atoms with Crippen LogP contribution in [0.15, 0.2) is 115 Å². The Morgan fingerprint density at radius 3 is 1.65 bits per heavy atom. The molecule has 350 valence electrons. The quantitative estimate of drug-likeness (QED) is 0.0811. The van der Waals surface area contributed by atoms with Gasteiger partial charge in [-0.15, -0.1) is 0 Å². The van der Waals surface area contributed by atoms with E-state index in [1.54, 1.807) is 11.1 Å². The van der Waals surface area contributed by atoms with Gasteiger partial charge >= 0.3 is 0 Å². The summed E-state index contributed by atoms with van der Waals surface area (Å²) in [6, 6.07) is 47.5. The van der Waals surface area contributed by atoms with Crippen molar-refractivity contribution < 1.29 is 0 Å². The molecule has 3 aliphatic rings. The number of aryl methyl sites for hydroxylation is 3. The molecule has 0 fully saturated rings. The molecule has 1 aliphatic carbocycles. The molecular formula is C69H66BN. The predicted molar refractivity (Wildman–Crippen MR) is 310 cm³/mol. The van der Waals surface area contributed by atoms with Crippen molar-refractivity contribution in [1.29, 1.82) is 0 Å². The summed E-state index contributed by atoms with van der Waals surface area (Å²) in [4.78, 5) is 0. The van der Waals surface area contributed by atoms with Crippen LogP contribution >= 0.6 is 0 Å². The molecule has 0 radical (unpaired) electrons. The summed E-state index contributed by atoms with van der Waals surface area (Å²) in [7, 11) is 0. The molecule has 71 heavy (non-hydrogen) atoms. The summed E-state index contributed by atoms with van der Waals surface area (Å²) < 4.78 is 2.82. The molecule has 0 amide bonds. The van der Waals surface area contributed by atoms with E-state index in [-0.39, 0.29) is 34.3 Å². The van der Waals surface area contributed by atoms with Crippen LogP contribution in [0.25, 0.3) is 92.5 Å². The zero-order chi connectivity index (χ0) is 49.3. The highest BCUT2D eigenvalue weighted by Gasteiger charge is 2.47. The Labute approximate surface area is 420 Å². The summed E-state index contributed by atoms with van der Waals surface area (Å²) in [6.07, 6.45) is 2.08. The molecule has 2 aliphatic heterocycles. The molecular weight excluding hydrogens is 854 g/mol. The Hall–Kier alpha value is -6.38. The van der Waals surface area contributed by atoms with Gasteiger partial charge in [0.2, 0.25) is 6.71 Å². The number of aromatic nitrogens is 1. The van der Waals surface area contributed by atoms with E-state index in [2.05, 4.69) is 217 Å². The van der Waals surface area contributed by atoms with Crippen molar-refractivity contribution in [2.45, 2.75) is 137 Å². The van der Waals surface area contributed by atoms with E-state index in [1.807, 2.05) is 0 Å². The summed E-state index contributed by atoms with van der Waals surface area (Å²) in [6.45, 7) is 33.4. The average Bonchev–Trinajstić information content (AvgIpc) is 3.54. The van der Waals surface area contributed by atoms with Crippen LogP contribution in [0, 0.1) is 13.8 Å². The highest BCUT2D eigenvalue weighted by atomic mass is 15.0. The molecule has 2 heteroatoms. The first-order chi connectivity index (χ1) is 33.6. The maximum absolute atomic E-state index is 2.82. The Morgan fingerprint density at radius 2 is 1.00 bits per heavy atom. The third-order valence-corrected chi connectivity index (χ3v) is 17.8. The molecule has 1 unspecified atom stereocenters. The maximum atomic E-state index is 2.82. The van der Waals surface area contributed by atoms with E-state index in [0.717, 1.165) is 12.8 Å². The Morgan fingerprint density at radius 1 is 0.437 bits per heavy atom. The van der Waals surface area contributed by atoms with Gasteiger partial charge in [-0.25, -0.2) is 0 Å². The molecule has 3 heterocycles. The van der Waals surface area contributed by atoms with Gasteiger partial charge in [0, 0.05) is 33.0 Å². The van der Waals surface area contributed by atoms with Gasteiger partial charge in [0.05, 0.1) is 11.2 Å². The van der Waals surface area contributed by atoms with Gasteiger partial charge in [-0.05, 0) is 171 Å². The SMILES string of the molecule is Cc1ccc2c(c1)c1c3c4c(c5c6cc(C)ccc6c6cccc2c6c15)-n1c2ccc(C(C)(C)C)cc2c2cc(C(C)(C)C)cc(c21)B4c1cc(C(C)(C)C)cc2c1C3CCc1ccc(C(C)(C)C)cc1-2. The first-order valence-corrected chi connectivity index (χ1v) is 26.6. The summed E-state index contributed by atoms with van der Waals surface area (Å²) >= 11 is 0. The minimum absolute atomic E-state index is 0.000215. The monoisotopic (exact) mass is 920 g/mol. The number of fused-ring (bicyclic) bond motifs is 17. The molecule has 0 saturated carbocycles. The predicted octanol–water partition coefficient (Wildman–Crippen LogP) is 16.7. The fourth-order valence-corrected chi connectivity index (χ4v) is 14.1. The normalized spacial score (nSPS) is 15.7. The van der Waals surface area contributed by atoms with Crippen LogP contribution < -0.4 is 16.4 Å². The van der Waals surface area contributed by atoms with Crippen molar-refractivity contribution in [3.05, 3.63) is 165 Å². The van der Waals surface area contributed by atoms with Crippen LogP contribution in [0.2, 0.25) is 0 Å². The van der Waals surface area contributed by atoms with Crippen molar-refractivity contribution >= 4 is 98.8 Å². The largest absolute Gasteiger partial charge is 0.310 e. The van der Waals surface area contributed by atoms with E-state index in [9.17, 15) is 0 Å². The van der Waals surface area contributed by atoms with Gasteiger partial charge in [0.25, 0.3) is 0 Å². The molecule has 10 aromatic carbocycles. The van der Waals surface area contributed by atoms with Crippen LogP contribution in [0.1, 0.15) is 145 Å². The number of hydrogen-bond donors (Lipinski definition) is 0.